The van der Waals surface area contributed by atoms with Gasteiger partial charge in [-0.25, -0.2) is 0 Å². The lowest BCUT2D eigenvalue weighted by Gasteiger charge is -2.07. The van der Waals surface area contributed by atoms with Crippen LogP contribution in [0.5, 0.6) is 5.75 Å². The topological polar surface area (TPSA) is 33.6 Å². The van der Waals surface area contributed by atoms with E-state index in [4.69, 9.17) is 16.3 Å². The third-order valence-electron chi connectivity index (χ3n) is 2.76. The number of hydrazone groups is 1. The summed E-state index contributed by atoms with van der Waals surface area (Å²) in [6.07, 6.45) is 1.76. The fourth-order valence-electron chi connectivity index (χ4n) is 1.76. The monoisotopic (exact) mass is 366 g/mol. The Balaban J connectivity index is 1.97. The third-order valence-corrected chi connectivity index (χ3v) is 3.51. The lowest BCUT2D eigenvalue weighted by Crippen LogP contribution is -2.06. The minimum atomic E-state index is 0.626. The summed E-state index contributed by atoms with van der Waals surface area (Å²) in [5, 5.41) is 4.97. The van der Waals surface area contributed by atoms with Crippen molar-refractivity contribution in [3.63, 3.8) is 0 Å². The van der Waals surface area contributed by atoms with Crippen molar-refractivity contribution < 1.29 is 4.74 Å². The van der Waals surface area contributed by atoms with Crippen molar-refractivity contribution in [2.45, 2.75) is 13.5 Å². The predicted octanol–water partition coefficient (Wildman–Crippen LogP) is 4.62. The van der Waals surface area contributed by atoms with Gasteiger partial charge in [-0.05, 0) is 42.8 Å². The van der Waals surface area contributed by atoms with Gasteiger partial charge in [-0.2, -0.15) is 5.10 Å². The molecule has 0 bridgehead atoms. The first-order chi connectivity index (χ1) is 10.2. The summed E-state index contributed by atoms with van der Waals surface area (Å²) in [6.45, 7) is 3.23. The van der Waals surface area contributed by atoms with Gasteiger partial charge in [-0.1, -0.05) is 39.7 Å². The second-order valence-corrected chi connectivity index (χ2v) is 5.69. The highest BCUT2D eigenvalue weighted by Gasteiger charge is 2.01. The van der Waals surface area contributed by atoms with Crippen LogP contribution in [0, 0.1) is 0 Å². The molecule has 0 atom stereocenters. The first-order valence-electron chi connectivity index (χ1n) is 6.61. The van der Waals surface area contributed by atoms with Crippen LogP contribution in [0.4, 0.5) is 0 Å². The molecular formula is C16H16BrClN2O. The summed E-state index contributed by atoms with van der Waals surface area (Å²) in [7, 11) is 0. The van der Waals surface area contributed by atoms with Gasteiger partial charge in [-0.15, -0.1) is 0 Å². The van der Waals surface area contributed by atoms with Crippen molar-refractivity contribution in [3.8, 4) is 5.75 Å². The van der Waals surface area contributed by atoms with Gasteiger partial charge < -0.3 is 10.2 Å². The van der Waals surface area contributed by atoms with Crippen LogP contribution in [-0.2, 0) is 6.54 Å². The zero-order chi connectivity index (χ0) is 15.1. The molecule has 0 amide bonds. The van der Waals surface area contributed by atoms with Gasteiger partial charge in [0.25, 0.3) is 0 Å². The van der Waals surface area contributed by atoms with Crippen LogP contribution < -0.4 is 10.2 Å². The smallest absolute Gasteiger partial charge is 0.128 e. The molecule has 0 spiro atoms. The van der Waals surface area contributed by atoms with Crippen LogP contribution >= 0.6 is 27.5 Å². The van der Waals surface area contributed by atoms with Crippen molar-refractivity contribution >= 4 is 33.7 Å². The van der Waals surface area contributed by atoms with Crippen LogP contribution in [-0.4, -0.2) is 12.8 Å². The zero-order valence-corrected chi connectivity index (χ0v) is 14.0. The van der Waals surface area contributed by atoms with E-state index in [2.05, 4.69) is 26.5 Å². The van der Waals surface area contributed by atoms with Crippen molar-refractivity contribution in [1.82, 2.24) is 5.43 Å². The summed E-state index contributed by atoms with van der Waals surface area (Å²) in [5.41, 5.74) is 5.06. The minimum Gasteiger partial charge on any atom is -0.493 e. The van der Waals surface area contributed by atoms with Crippen LogP contribution in [0.25, 0.3) is 0 Å². The molecule has 0 aliphatic carbocycles. The number of benzene rings is 2. The molecule has 5 heteroatoms. The van der Waals surface area contributed by atoms with Crippen LogP contribution in [0.15, 0.2) is 52.0 Å². The summed E-state index contributed by atoms with van der Waals surface area (Å²) >= 11 is 9.30. The molecule has 2 rings (SSSR count). The Bertz CT molecular complexity index is 614. The maximum Gasteiger partial charge on any atom is 0.128 e. The Kier molecular flexibility index (Phi) is 6.08. The Labute approximate surface area is 138 Å². The average molecular weight is 368 g/mol. The van der Waals surface area contributed by atoms with Gasteiger partial charge in [0.2, 0.25) is 0 Å². The quantitative estimate of drug-likeness (QED) is 0.597. The average Bonchev–Trinajstić information content (AvgIpc) is 2.48. The van der Waals surface area contributed by atoms with E-state index in [1.807, 2.05) is 49.4 Å². The zero-order valence-electron chi connectivity index (χ0n) is 11.6. The summed E-state index contributed by atoms with van der Waals surface area (Å²) in [6, 6.07) is 13.5. The van der Waals surface area contributed by atoms with E-state index in [0.717, 1.165) is 26.4 Å². The molecule has 2 aromatic rings. The molecule has 0 saturated carbocycles. The van der Waals surface area contributed by atoms with Crippen molar-refractivity contribution in [3.05, 3.63) is 63.1 Å². The highest BCUT2D eigenvalue weighted by atomic mass is 79.9. The van der Waals surface area contributed by atoms with Gasteiger partial charge in [0.1, 0.15) is 5.75 Å². The third kappa shape index (κ3) is 5.06. The second-order valence-electron chi connectivity index (χ2n) is 4.33. The molecule has 0 saturated heterocycles. The molecular weight excluding hydrogens is 352 g/mol. The van der Waals surface area contributed by atoms with E-state index in [-0.39, 0.29) is 0 Å². The predicted molar refractivity (Wildman–Crippen MR) is 91.2 cm³/mol. The van der Waals surface area contributed by atoms with Gasteiger partial charge in [0.15, 0.2) is 0 Å². The van der Waals surface area contributed by atoms with E-state index in [1.165, 1.54) is 0 Å². The Hall–Kier alpha value is -1.52. The van der Waals surface area contributed by atoms with Crippen LogP contribution in [0.3, 0.4) is 0 Å². The van der Waals surface area contributed by atoms with E-state index in [9.17, 15) is 0 Å². The molecule has 0 aromatic heterocycles. The standard InChI is InChI=1S/C16H16BrClN2O/c1-2-21-16-8-5-14(17)9-13(16)11-20-19-10-12-3-6-15(18)7-4-12/h3-9,11,19H,2,10H2,1H3/b20-11-. The number of rotatable bonds is 6. The molecule has 2 aromatic carbocycles. The number of nitrogens with zero attached hydrogens (tertiary/aromatic N) is 1. The molecule has 0 radical (unpaired) electrons. The molecule has 3 nitrogen and oxygen atoms in total. The summed E-state index contributed by atoms with van der Waals surface area (Å²) in [4.78, 5) is 0. The maximum atomic E-state index is 5.85. The Morgan fingerprint density at radius 3 is 2.71 bits per heavy atom. The number of ether oxygens (including phenoxy) is 1. The van der Waals surface area contributed by atoms with Gasteiger partial charge in [0, 0.05) is 15.1 Å². The van der Waals surface area contributed by atoms with Crippen LogP contribution in [0.1, 0.15) is 18.1 Å². The minimum absolute atomic E-state index is 0.626. The first kappa shape index (κ1) is 15.9. The summed E-state index contributed by atoms with van der Waals surface area (Å²) < 4.78 is 6.56. The SMILES string of the molecule is CCOc1ccc(Br)cc1/C=N\NCc1ccc(Cl)cc1. The van der Waals surface area contributed by atoms with E-state index in [0.29, 0.717) is 13.2 Å². The van der Waals surface area contributed by atoms with E-state index >= 15 is 0 Å². The van der Waals surface area contributed by atoms with E-state index in [1.54, 1.807) is 6.21 Å². The molecule has 0 fully saturated rings. The van der Waals surface area contributed by atoms with Crippen LogP contribution in [0.2, 0.25) is 5.02 Å². The Morgan fingerprint density at radius 2 is 2.00 bits per heavy atom. The lowest BCUT2D eigenvalue weighted by molar-refractivity contribution is 0.339. The van der Waals surface area contributed by atoms with Crippen molar-refractivity contribution in [2.24, 2.45) is 5.10 Å². The maximum absolute atomic E-state index is 5.85. The normalized spacial score (nSPS) is 10.8. The number of nitrogens with one attached hydrogen (secondary N) is 1. The number of halogens is 2. The summed E-state index contributed by atoms with van der Waals surface area (Å²) in [5.74, 6) is 0.817. The molecule has 1 N–H and O–H groups in total. The molecule has 0 unspecified atom stereocenters. The van der Waals surface area contributed by atoms with Gasteiger partial charge in [-0.3, -0.25) is 0 Å². The Morgan fingerprint density at radius 1 is 1.24 bits per heavy atom. The number of hydrogen-bond acceptors (Lipinski definition) is 3. The second kappa shape index (κ2) is 8.05. The van der Waals surface area contributed by atoms with Crippen molar-refractivity contribution in [1.29, 1.82) is 0 Å². The largest absolute Gasteiger partial charge is 0.493 e. The van der Waals surface area contributed by atoms with Gasteiger partial charge >= 0.3 is 0 Å². The molecule has 21 heavy (non-hydrogen) atoms. The fraction of sp³-hybridized carbons (Fsp3) is 0.188. The fourth-order valence-corrected chi connectivity index (χ4v) is 2.27. The lowest BCUT2D eigenvalue weighted by atomic mass is 10.2. The molecule has 0 aliphatic heterocycles. The van der Waals surface area contributed by atoms with Crippen molar-refractivity contribution in [2.75, 3.05) is 6.61 Å². The first-order valence-corrected chi connectivity index (χ1v) is 7.79. The molecule has 110 valence electrons. The highest BCUT2D eigenvalue weighted by molar-refractivity contribution is 9.10. The highest BCUT2D eigenvalue weighted by Crippen LogP contribution is 2.21. The van der Waals surface area contributed by atoms with Gasteiger partial charge in [0.05, 0.1) is 19.4 Å². The number of hydrogen-bond donors (Lipinski definition) is 1. The van der Waals surface area contributed by atoms with E-state index < -0.39 is 0 Å². The molecule has 0 aliphatic rings. The molecule has 0 heterocycles.